The van der Waals surface area contributed by atoms with Crippen molar-refractivity contribution in [1.82, 2.24) is 5.32 Å². The molecule has 0 bridgehead atoms. The van der Waals surface area contributed by atoms with Crippen molar-refractivity contribution in [3.05, 3.63) is 33.8 Å². The van der Waals surface area contributed by atoms with Crippen LogP contribution in [-0.4, -0.2) is 23.0 Å². The van der Waals surface area contributed by atoms with E-state index in [2.05, 4.69) is 5.32 Å². The number of carboxylic acids is 1. The molecular weight excluding hydrogens is 265 g/mol. The van der Waals surface area contributed by atoms with E-state index >= 15 is 0 Å². The molecule has 0 saturated carbocycles. The molecule has 0 unspecified atom stereocenters. The van der Waals surface area contributed by atoms with Crippen molar-refractivity contribution in [2.75, 3.05) is 0 Å². The van der Waals surface area contributed by atoms with Gasteiger partial charge >= 0.3 is 5.97 Å². The van der Waals surface area contributed by atoms with E-state index in [0.29, 0.717) is 11.4 Å². The SMILES string of the molecule is CC[C@@H](NC(=O)c1ccc(Cl)cc1Cl)C(=O)O. The molecule has 6 heteroatoms. The molecule has 0 aliphatic carbocycles. The number of benzene rings is 1. The Morgan fingerprint density at radius 1 is 1.41 bits per heavy atom. The molecule has 0 aliphatic heterocycles. The fourth-order valence-electron chi connectivity index (χ4n) is 1.25. The average molecular weight is 276 g/mol. The fourth-order valence-corrected chi connectivity index (χ4v) is 1.74. The van der Waals surface area contributed by atoms with Crippen LogP contribution in [0.3, 0.4) is 0 Å². The second kappa shape index (κ2) is 5.89. The lowest BCUT2D eigenvalue weighted by atomic mass is 10.1. The van der Waals surface area contributed by atoms with E-state index in [9.17, 15) is 9.59 Å². The van der Waals surface area contributed by atoms with E-state index in [4.69, 9.17) is 28.3 Å². The Hall–Kier alpha value is -1.26. The summed E-state index contributed by atoms with van der Waals surface area (Å²) in [6.45, 7) is 1.67. The van der Waals surface area contributed by atoms with Gasteiger partial charge in [-0.3, -0.25) is 4.79 Å². The van der Waals surface area contributed by atoms with Crippen molar-refractivity contribution in [3.8, 4) is 0 Å². The summed E-state index contributed by atoms with van der Waals surface area (Å²) in [5, 5.41) is 11.8. The van der Waals surface area contributed by atoms with Crippen LogP contribution in [0.5, 0.6) is 0 Å². The molecule has 0 saturated heterocycles. The third-order valence-electron chi connectivity index (χ3n) is 2.19. The van der Waals surface area contributed by atoms with Gasteiger partial charge in [0.1, 0.15) is 6.04 Å². The normalized spacial score (nSPS) is 11.9. The summed E-state index contributed by atoms with van der Waals surface area (Å²) in [6, 6.07) is 3.48. The lowest BCUT2D eigenvalue weighted by molar-refractivity contribution is -0.139. The van der Waals surface area contributed by atoms with Crippen LogP contribution >= 0.6 is 23.2 Å². The van der Waals surface area contributed by atoms with Gasteiger partial charge in [-0.2, -0.15) is 0 Å². The minimum atomic E-state index is -1.08. The number of carbonyl (C=O) groups is 2. The highest BCUT2D eigenvalue weighted by molar-refractivity contribution is 6.36. The molecule has 0 heterocycles. The van der Waals surface area contributed by atoms with Gasteiger partial charge in [0.2, 0.25) is 0 Å². The van der Waals surface area contributed by atoms with Gasteiger partial charge in [0.15, 0.2) is 0 Å². The van der Waals surface area contributed by atoms with E-state index in [1.165, 1.54) is 18.2 Å². The van der Waals surface area contributed by atoms with Crippen LogP contribution in [0.4, 0.5) is 0 Å². The number of rotatable bonds is 4. The van der Waals surface area contributed by atoms with E-state index in [1.807, 2.05) is 0 Å². The Bertz CT molecular complexity index is 448. The Balaban J connectivity index is 2.86. The number of amides is 1. The molecule has 4 nitrogen and oxygen atoms in total. The summed E-state index contributed by atoms with van der Waals surface area (Å²) < 4.78 is 0. The fraction of sp³-hybridized carbons (Fsp3) is 0.273. The number of hydrogen-bond donors (Lipinski definition) is 2. The molecule has 1 atom stereocenters. The van der Waals surface area contributed by atoms with Crippen molar-refractivity contribution in [3.63, 3.8) is 0 Å². The van der Waals surface area contributed by atoms with Crippen LogP contribution < -0.4 is 5.32 Å². The molecule has 17 heavy (non-hydrogen) atoms. The standard InChI is InChI=1S/C11H11Cl2NO3/c1-2-9(11(16)17)14-10(15)7-4-3-6(12)5-8(7)13/h3-5,9H,2H2,1H3,(H,14,15)(H,16,17)/t9-/m1/s1. The topological polar surface area (TPSA) is 66.4 Å². The first-order valence-electron chi connectivity index (χ1n) is 4.94. The molecule has 92 valence electrons. The van der Waals surface area contributed by atoms with Gasteiger partial charge in [-0.1, -0.05) is 30.1 Å². The van der Waals surface area contributed by atoms with Crippen molar-refractivity contribution in [1.29, 1.82) is 0 Å². The van der Waals surface area contributed by atoms with Gasteiger partial charge in [0.05, 0.1) is 10.6 Å². The maximum atomic E-state index is 11.7. The van der Waals surface area contributed by atoms with Gasteiger partial charge in [0.25, 0.3) is 5.91 Å². The number of halogens is 2. The van der Waals surface area contributed by atoms with E-state index in [1.54, 1.807) is 6.92 Å². The molecule has 1 amide bonds. The van der Waals surface area contributed by atoms with Gasteiger partial charge in [-0.15, -0.1) is 0 Å². The zero-order chi connectivity index (χ0) is 13.0. The van der Waals surface area contributed by atoms with E-state index < -0.39 is 17.9 Å². The van der Waals surface area contributed by atoms with Crippen LogP contribution in [0.25, 0.3) is 0 Å². The Morgan fingerprint density at radius 2 is 2.06 bits per heavy atom. The molecule has 0 fully saturated rings. The summed E-state index contributed by atoms with van der Waals surface area (Å²) in [7, 11) is 0. The second-order valence-corrected chi connectivity index (χ2v) is 4.24. The molecule has 1 aromatic carbocycles. The van der Waals surface area contributed by atoms with Gasteiger partial charge in [0, 0.05) is 5.02 Å². The summed E-state index contributed by atoms with van der Waals surface area (Å²) in [6.07, 6.45) is 0.298. The van der Waals surface area contributed by atoms with Crippen molar-refractivity contribution < 1.29 is 14.7 Å². The predicted octanol–water partition coefficient (Wildman–Crippen LogP) is 2.59. The van der Waals surface area contributed by atoms with E-state index in [-0.39, 0.29) is 10.6 Å². The lowest BCUT2D eigenvalue weighted by Crippen LogP contribution is -2.40. The number of nitrogens with one attached hydrogen (secondary N) is 1. The maximum Gasteiger partial charge on any atom is 0.326 e. The molecule has 0 aromatic heterocycles. The van der Waals surface area contributed by atoms with E-state index in [0.717, 1.165) is 0 Å². The molecule has 0 aliphatic rings. The van der Waals surface area contributed by atoms with Crippen molar-refractivity contribution in [2.24, 2.45) is 0 Å². The Morgan fingerprint density at radius 3 is 2.53 bits per heavy atom. The molecular formula is C11H11Cl2NO3. The van der Waals surface area contributed by atoms with Crippen molar-refractivity contribution in [2.45, 2.75) is 19.4 Å². The number of aliphatic carboxylic acids is 1. The third kappa shape index (κ3) is 3.61. The minimum absolute atomic E-state index is 0.190. The number of hydrogen-bond acceptors (Lipinski definition) is 2. The quantitative estimate of drug-likeness (QED) is 0.888. The van der Waals surface area contributed by atoms with Gasteiger partial charge < -0.3 is 10.4 Å². The second-order valence-electron chi connectivity index (χ2n) is 3.40. The summed E-state index contributed by atoms with van der Waals surface area (Å²) >= 11 is 11.5. The van der Waals surface area contributed by atoms with Crippen molar-refractivity contribution >= 4 is 35.1 Å². The molecule has 0 radical (unpaired) electrons. The highest BCUT2D eigenvalue weighted by Crippen LogP contribution is 2.20. The third-order valence-corrected chi connectivity index (χ3v) is 2.74. The first-order chi connectivity index (χ1) is 7.95. The smallest absolute Gasteiger partial charge is 0.326 e. The largest absolute Gasteiger partial charge is 0.480 e. The van der Waals surface area contributed by atoms with Crippen LogP contribution in [0, 0.1) is 0 Å². The van der Waals surface area contributed by atoms with Crippen LogP contribution in [0.1, 0.15) is 23.7 Å². The Labute approximate surface area is 109 Å². The van der Waals surface area contributed by atoms with Crippen LogP contribution in [0.15, 0.2) is 18.2 Å². The number of carboxylic acid groups (broad SMARTS) is 1. The molecule has 2 N–H and O–H groups in total. The lowest BCUT2D eigenvalue weighted by Gasteiger charge is -2.12. The zero-order valence-electron chi connectivity index (χ0n) is 9.04. The highest BCUT2D eigenvalue weighted by atomic mass is 35.5. The predicted molar refractivity (Wildman–Crippen MR) is 65.6 cm³/mol. The molecule has 1 aromatic rings. The average Bonchev–Trinajstić information content (AvgIpc) is 2.24. The first-order valence-corrected chi connectivity index (χ1v) is 5.70. The number of carbonyl (C=O) groups excluding carboxylic acids is 1. The van der Waals surface area contributed by atoms with Crippen LogP contribution in [-0.2, 0) is 4.79 Å². The summed E-state index contributed by atoms with van der Waals surface area (Å²) in [5.74, 6) is -1.60. The Kier molecular flexibility index (Phi) is 4.78. The zero-order valence-corrected chi connectivity index (χ0v) is 10.5. The first kappa shape index (κ1) is 13.8. The van der Waals surface area contributed by atoms with Gasteiger partial charge in [-0.25, -0.2) is 4.79 Å². The maximum absolute atomic E-state index is 11.7. The molecule has 1 rings (SSSR count). The highest BCUT2D eigenvalue weighted by Gasteiger charge is 2.19. The minimum Gasteiger partial charge on any atom is -0.480 e. The molecule has 0 spiro atoms. The van der Waals surface area contributed by atoms with Crippen LogP contribution in [0.2, 0.25) is 10.0 Å². The monoisotopic (exact) mass is 275 g/mol. The summed E-state index contributed by atoms with van der Waals surface area (Å²) in [5.41, 5.74) is 0.204. The van der Waals surface area contributed by atoms with Gasteiger partial charge in [-0.05, 0) is 24.6 Å². The summed E-state index contributed by atoms with van der Waals surface area (Å²) in [4.78, 5) is 22.5.